The molecular formula is C17H19N2P. The number of hydrogen-bond donors (Lipinski definition) is 0. The standard InChI is InChI=1S/C17H19N2P/c1-18-13-14-19(2)17(18)20(15-9-5-3-6-10-15)16-11-7-4-8-12-16/h3-14,17H,1-2H3. The first kappa shape index (κ1) is 13.2. The van der Waals surface area contributed by atoms with Crippen LogP contribution >= 0.6 is 7.92 Å². The third-order valence-electron chi connectivity index (χ3n) is 3.57. The summed E-state index contributed by atoms with van der Waals surface area (Å²) >= 11 is 0. The van der Waals surface area contributed by atoms with Gasteiger partial charge in [-0.1, -0.05) is 60.7 Å². The van der Waals surface area contributed by atoms with Crippen LogP contribution in [0.3, 0.4) is 0 Å². The van der Waals surface area contributed by atoms with Gasteiger partial charge in [-0.05, 0) is 10.6 Å². The second-order valence-corrected chi connectivity index (χ2v) is 7.25. The first-order chi connectivity index (χ1) is 9.77. The summed E-state index contributed by atoms with van der Waals surface area (Å²) in [7, 11) is 3.88. The lowest BCUT2D eigenvalue weighted by Gasteiger charge is -2.35. The number of benzene rings is 2. The van der Waals surface area contributed by atoms with E-state index in [9.17, 15) is 0 Å². The average Bonchev–Trinajstić information content (AvgIpc) is 2.82. The Morgan fingerprint density at radius 1 is 0.700 bits per heavy atom. The largest absolute Gasteiger partial charge is 0.355 e. The Morgan fingerprint density at radius 2 is 1.10 bits per heavy atom. The van der Waals surface area contributed by atoms with Gasteiger partial charge in [0, 0.05) is 34.4 Å². The molecule has 0 spiro atoms. The zero-order valence-electron chi connectivity index (χ0n) is 11.8. The van der Waals surface area contributed by atoms with Crippen molar-refractivity contribution in [1.82, 2.24) is 9.80 Å². The van der Waals surface area contributed by atoms with Crippen molar-refractivity contribution in [3.63, 3.8) is 0 Å². The van der Waals surface area contributed by atoms with Crippen molar-refractivity contribution in [1.29, 1.82) is 0 Å². The lowest BCUT2D eigenvalue weighted by molar-refractivity contribution is 0.297. The summed E-state index contributed by atoms with van der Waals surface area (Å²) in [6.07, 6.45) is 4.32. The fourth-order valence-corrected chi connectivity index (χ4v) is 5.31. The minimum Gasteiger partial charge on any atom is -0.355 e. The van der Waals surface area contributed by atoms with Crippen molar-refractivity contribution >= 4 is 18.5 Å². The van der Waals surface area contributed by atoms with Crippen molar-refractivity contribution in [3.05, 3.63) is 73.1 Å². The van der Waals surface area contributed by atoms with Gasteiger partial charge in [-0.15, -0.1) is 0 Å². The van der Waals surface area contributed by atoms with E-state index in [0.29, 0.717) is 5.91 Å². The normalized spacial score (nSPS) is 15.3. The van der Waals surface area contributed by atoms with E-state index in [1.165, 1.54) is 10.6 Å². The van der Waals surface area contributed by atoms with E-state index < -0.39 is 7.92 Å². The van der Waals surface area contributed by atoms with Crippen molar-refractivity contribution < 1.29 is 0 Å². The van der Waals surface area contributed by atoms with Crippen LogP contribution in [0.1, 0.15) is 0 Å². The van der Waals surface area contributed by atoms with Gasteiger partial charge in [0.1, 0.15) is 5.91 Å². The molecule has 1 aliphatic rings. The Labute approximate surface area is 122 Å². The molecule has 3 heteroatoms. The Bertz CT molecular complexity index is 531. The zero-order valence-corrected chi connectivity index (χ0v) is 12.7. The van der Waals surface area contributed by atoms with Crippen LogP contribution in [0.25, 0.3) is 0 Å². The SMILES string of the molecule is CN1C=CN(C)C1P(c1ccccc1)c1ccccc1. The van der Waals surface area contributed by atoms with E-state index in [0.717, 1.165) is 0 Å². The summed E-state index contributed by atoms with van der Waals surface area (Å²) in [6, 6.07) is 21.7. The van der Waals surface area contributed by atoms with Gasteiger partial charge >= 0.3 is 0 Å². The molecule has 2 aromatic rings. The molecule has 0 atom stereocenters. The Morgan fingerprint density at radius 3 is 1.50 bits per heavy atom. The fourth-order valence-electron chi connectivity index (χ4n) is 2.61. The van der Waals surface area contributed by atoms with Gasteiger partial charge in [-0.2, -0.15) is 0 Å². The third kappa shape index (κ3) is 2.44. The van der Waals surface area contributed by atoms with Gasteiger partial charge in [0.15, 0.2) is 0 Å². The highest BCUT2D eigenvalue weighted by Crippen LogP contribution is 2.43. The van der Waals surface area contributed by atoms with Gasteiger partial charge in [0.2, 0.25) is 0 Å². The fraction of sp³-hybridized carbons (Fsp3) is 0.176. The summed E-state index contributed by atoms with van der Waals surface area (Å²) in [6.45, 7) is 0. The highest BCUT2D eigenvalue weighted by molar-refractivity contribution is 7.73. The summed E-state index contributed by atoms with van der Waals surface area (Å²) in [5, 5.41) is 2.84. The predicted octanol–water partition coefficient (Wildman–Crippen LogP) is 2.75. The lowest BCUT2D eigenvalue weighted by Crippen LogP contribution is -2.38. The molecule has 102 valence electrons. The summed E-state index contributed by atoms with van der Waals surface area (Å²) < 4.78 is 0. The van der Waals surface area contributed by atoms with E-state index >= 15 is 0 Å². The van der Waals surface area contributed by atoms with Crippen LogP contribution in [0.15, 0.2) is 73.1 Å². The van der Waals surface area contributed by atoms with E-state index in [1.54, 1.807) is 0 Å². The van der Waals surface area contributed by atoms with Crippen molar-refractivity contribution in [2.45, 2.75) is 5.91 Å². The molecule has 0 fully saturated rings. The predicted molar refractivity (Wildman–Crippen MR) is 87.5 cm³/mol. The second kappa shape index (κ2) is 5.68. The molecule has 20 heavy (non-hydrogen) atoms. The second-order valence-electron chi connectivity index (χ2n) is 5.02. The molecule has 0 radical (unpaired) electrons. The van der Waals surface area contributed by atoms with Crippen LogP contribution in [0.4, 0.5) is 0 Å². The maximum Gasteiger partial charge on any atom is 0.128 e. The van der Waals surface area contributed by atoms with E-state index in [1.807, 2.05) is 0 Å². The zero-order chi connectivity index (χ0) is 13.9. The minimum absolute atomic E-state index is 0.384. The van der Waals surface area contributed by atoms with Gasteiger partial charge in [-0.25, -0.2) is 0 Å². The summed E-state index contributed by atoms with van der Waals surface area (Å²) in [5.74, 6) is 0.384. The van der Waals surface area contributed by atoms with Gasteiger partial charge in [-0.3, -0.25) is 0 Å². The smallest absolute Gasteiger partial charge is 0.128 e. The van der Waals surface area contributed by atoms with Crippen molar-refractivity contribution in [2.24, 2.45) is 0 Å². The summed E-state index contributed by atoms with van der Waals surface area (Å²) in [4.78, 5) is 4.62. The molecule has 2 aromatic carbocycles. The minimum atomic E-state index is -0.441. The molecule has 0 N–H and O–H groups in total. The molecular weight excluding hydrogens is 263 g/mol. The molecule has 0 saturated carbocycles. The topological polar surface area (TPSA) is 6.48 Å². The summed E-state index contributed by atoms with van der Waals surface area (Å²) in [5.41, 5.74) is 0. The quantitative estimate of drug-likeness (QED) is 0.799. The lowest BCUT2D eigenvalue weighted by atomic mass is 10.4. The Hall–Kier alpha value is -1.79. The van der Waals surface area contributed by atoms with E-state index in [4.69, 9.17) is 0 Å². The van der Waals surface area contributed by atoms with Crippen LogP contribution < -0.4 is 10.6 Å². The molecule has 0 aromatic heterocycles. The van der Waals surface area contributed by atoms with E-state index in [2.05, 4.69) is 97.0 Å². The highest BCUT2D eigenvalue weighted by Gasteiger charge is 2.31. The van der Waals surface area contributed by atoms with Gasteiger partial charge < -0.3 is 9.80 Å². The van der Waals surface area contributed by atoms with E-state index in [-0.39, 0.29) is 0 Å². The molecule has 0 saturated heterocycles. The Kier molecular flexibility index (Phi) is 3.75. The van der Waals surface area contributed by atoms with Crippen molar-refractivity contribution in [3.8, 4) is 0 Å². The van der Waals surface area contributed by atoms with Crippen LogP contribution in [0, 0.1) is 0 Å². The maximum absolute atomic E-state index is 2.31. The molecule has 0 aliphatic carbocycles. The van der Waals surface area contributed by atoms with Crippen LogP contribution in [0.5, 0.6) is 0 Å². The number of hydrogen-bond acceptors (Lipinski definition) is 2. The number of rotatable bonds is 3. The first-order valence-electron chi connectivity index (χ1n) is 6.79. The van der Waals surface area contributed by atoms with Gasteiger partial charge in [0.25, 0.3) is 0 Å². The molecule has 0 bridgehead atoms. The van der Waals surface area contributed by atoms with Crippen molar-refractivity contribution in [2.75, 3.05) is 14.1 Å². The molecule has 0 unspecified atom stereocenters. The molecule has 2 nitrogen and oxygen atoms in total. The maximum atomic E-state index is 2.31. The highest BCUT2D eigenvalue weighted by atomic mass is 31.1. The first-order valence-corrected chi connectivity index (χ1v) is 8.20. The van der Waals surface area contributed by atoms with Gasteiger partial charge in [0.05, 0.1) is 0 Å². The molecule has 0 amide bonds. The van der Waals surface area contributed by atoms with Crippen LogP contribution in [0.2, 0.25) is 0 Å². The number of nitrogens with zero attached hydrogens (tertiary/aromatic N) is 2. The average molecular weight is 282 g/mol. The van der Waals surface area contributed by atoms with Crippen LogP contribution in [-0.4, -0.2) is 29.8 Å². The molecule has 3 rings (SSSR count). The monoisotopic (exact) mass is 282 g/mol. The Balaban J connectivity index is 2.05. The van der Waals surface area contributed by atoms with Crippen LogP contribution in [-0.2, 0) is 0 Å². The molecule has 1 aliphatic heterocycles. The molecule has 1 heterocycles. The third-order valence-corrected chi connectivity index (χ3v) is 6.46.